The summed E-state index contributed by atoms with van der Waals surface area (Å²) >= 11 is 3.14. The van der Waals surface area contributed by atoms with Crippen LogP contribution in [-0.2, 0) is 6.42 Å². The highest BCUT2D eigenvalue weighted by Crippen LogP contribution is 2.40. The molecule has 4 rings (SSSR count). The van der Waals surface area contributed by atoms with Gasteiger partial charge in [0.25, 0.3) is 0 Å². The molecule has 9 heteroatoms. The number of anilines is 1. The van der Waals surface area contributed by atoms with E-state index in [2.05, 4.69) is 30.7 Å². The Bertz CT molecular complexity index is 1280. The Morgan fingerprint density at radius 1 is 1.27 bits per heavy atom. The number of nitrogens with one attached hydrogen (secondary N) is 3. The minimum Gasteiger partial charge on any atom is -0.316 e. The second-order valence-corrected chi connectivity index (χ2v) is 9.79. The first-order valence-corrected chi connectivity index (χ1v) is 12.1. The van der Waals surface area contributed by atoms with Gasteiger partial charge in [-0.3, -0.25) is 20.7 Å². The lowest BCUT2D eigenvalue weighted by Gasteiger charge is -2.24. The van der Waals surface area contributed by atoms with Gasteiger partial charge in [0, 0.05) is 39.6 Å². The van der Waals surface area contributed by atoms with Gasteiger partial charge in [-0.2, -0.15) is 5.48 Å². The summed E-state index contributed by atoms with van der Waals surface area (Å²) in [5, 5.41) is 29.8. The molecule has 1 aromatic carbocycles. The zero-order valence-corrected chi connectivity index (χ0v) is 20.2. The minimum atomic E-state index is -0.458. The Morgan fingerprint density at radius 2 is 2.03 bits per heavy atom. The predicted molar refractivity (Wildman–Crippen MR) is 136 cm³/mol. The molecule has 3 aromatic rings. The van der Waals surface area contributed by atoms with Crippen LogP contribution in [0.5, 0.6) is 0 Å². The summed E-state index contributed by atoms with van der Waals surface area (Å²) in [5.74, 6) is 6.43. The van der Waals surface area contributed by atoms with Gasteiger partial charge in [-0.25, -0.2) is 4.98 Å². The first-order chi connectivity index (χ1) is 15.9. The molecule has 0 saturated carbocycles. The highest BCUT2D eigenvalue weighted by molar-refractivity contribution is 7.17. The average Bonchev–Trinajstić information content (AvgIpc) is 3.37. The maximum atomic E-state index is 8.98. The molecule has 0 spiro atoms. The average molecular weight is 477 g/mol. The van der Waals surface area contributed by atoms with Crippen LogP contribution in [0.3, 0.4) is 0 Å². The normalized spacial score (nSPS) is 15.4. The fraction of sp³-hybridized carbons (Fsp3) is 0.250. The summed E-state index contributed by atoms with van der Waals surface area (Å²) in [6, 6.07) is 7.38. The molecule has 3 heterocycles. The van der Waals surface area contributed by atoms with Gasteiger partial charge in [-0.05, 0) is 38.5 Å². The van der Waals surface area contributed by atoms with Gasteiger partial charge in [-0.1, -0.05) is 24.0 Å². The Labute approximate surface area is 200 Å². The summed E-state index contributed by atoms with van der Waals surface area (Å²) in [4.78, 5) is 12.4. The molecular weight excluding hydrogens is 452 g/mol. The van der Waals surface area contributed by atoms with Crippen molar-refractivity contribution in [2.75, 3.05) is 11.4 Å². The van der Waals surface area contributed by atoms with E-state index in [1.54, 1.807) is 40.7 Å². The number of thiophene rings is 1. The number of nitrogens with zero attached hydrogens (tertiary/aromatic N) is 3. The van der Waals surface area contributed by atoms with Crippen molar-refractivity contribution in [3.63, 3.8) is 0 Å². The Hall–Kier alpha value is -3.16. The molecule has 0 radical (unpaired) electrons. The summed E-state index contributed by atoms with van der Waals surface area (Å²) in [5.41, 5.74) is 6.70. The number of thiazole rings is 1. The van der Waals surface area contributed by atoms with E-state index in [-0.39, 0.29) is 12.4 Å². The van der Waals surface area contributed by atoms with Crippen LogP contribution >= 0.6 is 22.7 Å². The fourth-order valence-corrected chi connectivity index (χ4v) is 5.57. The molecule has 2 aromatic heterocycles. The van der Waals surface area contributed by atoms with Gasteiger partial charge < -0.3 is 5.21 Å². The van der Waals surface area contributed by atoms with Crippen LogP contribution < -0.4 is 10.4 Å². The zero-order valence-electron chi connectivity index (χ0n) is 18.6. The van der Waals surface area contributed by atoms with Gasteiger partial charge in [0.15, 0.2) is 0 Å². The van der Waals surface area contributed by atoms with Crippen LogP contribution in [0.15, 0.2) is 40.8 Å². The lowest BCUT2D eigenvalue weighted by atomic mass is 9.98. The van der Waals surface area contributed by atoms with E-state index in [0.717, 1.165) is 42.9 Å². The van der Waals surface area contributed by atoms with Crippen molar-refractivity contribution >= 4 is 45.1 Å². The van der Waals surface area contributed by atoms with Crippen molar-refractivity contribution in [2.45, 2.75) is 33.2 Å². The second-order valence-electron chi connectivity index (χ2n) is 7.61. The summed E-state index contributed by atoms with van der Waals surface area (Å²) in [6.45, 7) is 6.05. The number of hydrogen-bond acceptors (Lipinski definition) is 8. The first-order valence-electron chi connectivity index (χ1n) is 10.4. The lowest BCUT2D eigenvalue weighted by molar-refractivity contribution is 0.181. The zero-order chi connectivity index (χ0) is 23.5. The van der Waals surface area contributed by atoms with E-state index in [0.29, 0.717) is 12.3 Å². The molecule has 33 heavy (non-hydrogen) atoms. The van der Waals surface area contributed by atoms with Crippen molar-refractivity contribution < 1.29 is 5.21 Å². The second kappa shape index (κ2) is 9.77. The molecule has 1 atom stereocenters. The van der Waals surface area contributed by atoms with Crippen LogP contribution in [0.1, 0.15) is 39.1 Å². The molecule has 0 amide bonds. The topological polar surface area (TPSA) is 108 Å². The Morgan fingerprint density at radius 3 is 2.67 bits per heavy atom. The van der Waals surface area contributed by atoms with E-state index in [4.69, 9.17) is 21.0 Å². The number of aromatic nitrogens is 1. The third-order valence-corrected chi connectivity index (χ3v) is 7.39. The number of rotatable bonds is 4. The molecular formula is C24H24N6OS2. The van der Waals surface area contributed by atoms with Gasteiger partial charge in [0.05, 0.1) is 17.3 Å². The van der Waals surface area contributed by atoms with Crippen molar-refractivity contribution in [3.8, 4) is 11.8 Å². The smallest absolute Gasteiger partial charge is 0.132 e. The molecule has 0 bridgehead atoms. The van der Waals surface area contributed by atoms with Crippen molar-refractivity contribution in [1.82, 2.24) is 10.5 Å². The van der Waals surface area contributed by atoms with E-state index in [1.165, 1.54) is 0 Å². The Balaban J connectivity index is 1.86. The van der Waals surface area contributed by atoms with E-state index < -0.39 is 6.04 Å². The molecule has 1 aliphatic rings. The van der Waals surface area contributed by atoms with Crippen molar-refractivity contribution in [1.29, 1.82) is 10.8 Å². The van der Waals surface area contributed by atoms with Crippen LogP contribution in [0.25, 0.3) is 0 Å². The molecule has 1 aliphatic heterocycles. The number of aryl methyl sites for hydroxylation is 1. The molecule has 168 valence electrons. The number of benzene rings is 1. The fourth-order valence-electron chi connectivity index (χ4n) is 3.70. The SMILES string of the molecule is CC(=N)N1C(=N)[C@H](Cc2nccs2)N=C(c2ccc(C#CCNO)cc2)c2c1sc(C)c2C. The standard InChI is InChI=1S/C24H24N6OS2/c1-14-15(2)33-24-21(14)22(18-8-6-17(7-9-18)5-4-10-28-31)29-19(13-20-27-11-12-32-20)23(26)30(24)16(3)25/h6-9,11-12,19,25-26,28,31H,10,13H2,1-3H3/t19-/m0/s1. The van der Waals surface area contributed by atoms with Crippen molar-refractivity contribution in [2.24, 2.45) is 4.99 Å². The van der Waals surface area contributed by atoms with Gasteiger partial charge in [0.2, 0.25) is 0 Å². The first kappa shape index (κ1) is 23.0. The predicted octanol–water partition coefficient (Wildman–Crippen LogP) is 4.39. The highest BCUT2D eigenvalue weighted by Gasteiger charge is 2.34. The third-order valence-electron chi connectivity index (χ3n) is 5.39. The Kier molecular flexibility index (Phi) is 6.81. The molecule has 0 unspecified atom stereocenters. The number of aliphatic imine (C=N–C) groups is 1. The van der Waals surface area contributed by atoms with Gasteiger partial charge in [0.1, 0.15) is 22.7 Å². The van der Waals surface area contributed by atoms with Gasteiger partial charge in [-0.15, -0.1) is 22.7 Å². The van der Waals surface area contributed by atoms with Gasteiger partial charge >= 0.3 is 0 Å². The monoisotopic (exact) mass is 476 g/mol. The largest absolute Gasteiger partial charge is 0.316 e. The maximum absolute atomic E-state index is 8.98. The highest BCUT2D eigenvalue weighted by atomic mass is 32.1. The van der Waals surface area contributed by atoms with Crippen LogP contribution in [0.2, 0.25) is 0 Å². The molecule has 4 N–H and O–H groups in total. The molecule has 0 aliphatic carbocycles. The van der Waals surface area contributed by atoms with E-state index in [9.17, 15) is 0 Å². The number of amidine groups is 2. The van der Waals surface area contributed by atoms with E-state index >= 15 is 0 Å². The number of hydroxylamine groups is 1. The van der Waals surface area contributed by atoms with Crippen LogP contribution in [0, 0.1) is 36.5 Å². The number of hydrogen-bond donors (Lipinski definition) is 4. The lowest BCUT2D eigenvalue weighted by Crippen LogP contribution is -2.40. The van der Waals surface area contributed by atoms with Crippen LogP contribution in [-0.4, -0.2) is 40.2 Å². The number of fused-ring (bicyclic) bond motifs is 1. The van der Waals surface area contributed by atoms with Crippen LogP contribution in [0.4, 0.5) is 5.00 Å². The molecule has 0 saturated heterocycles. The maximum Gasteiger partial charge on any atom is 0.132 e. The molecule has 7 nitrogen and oxygen atoms in total. The quantitative estimate of drug-likeness (QED) is 0.194. The minimum absolute atomic E-state index is 0.199. The summed E-state index contributed by atoms with van der Waals surface area (Å²) in [6.07, 6.45) is 2.27. The van der Waals surface area contributed by atoms with E-state index in [1.807, 2.05) is 35.1 Å². The summed E-state index contributed by atoms with van der Waals surface area (Å²) in [7, 11) is 0. The molecule has 0 fully saturated rings. The third kappa shape index (κ3) is 4.65. The summed E-state index contributed by atoms with van der Waals surface area (Å²) < 4.78 is 0. The van der Waals surface area contributed by atoms with Crippen molar-refractivity contribution in [3.05, 3.63) is 68.0 Å².